The van der Waals surface area contributed by atoms with Crippen molar-refractivity contribution in [3.05, 3.63) is 58.6 Å². The van der Waals surface area contributed by atoms with E-state index in [2.05, 4.69) is 0 Å². The Morgan fingerprint density at radius 1 is 1.13 bits per heavy atom. The molecule has 0 radical (unpaired) electrons. The van der Waals surface area contributed by atoms with Gasteiger partial charge >= 0.3 is 16.1 Å². The van der Waals surface area contributed by atoms with Gasteiger partial charge in [-0.2, -0.15) is 8.42 Å². The van der Waals surface area contributed by atoms with Crippen molar-refractivity contribution in [3.8, 4) is 5.75 Å². The lowest BCUT2D eigenvalue weighted by molar-refractivity contribution is 0.0526. The number of hydrogen-bond acceptors (Lipinski definition) is 5. The Kier molecular flexibility index (Phi) is 5.28. The van der Waals surface area contributed by atoms with Crippen LogP contribution in [0.15, 0.2) is 47.4 Å². The highest BCUT2D eigenvalue weighted by molar-refractivity contribution is 7.87. The van der Waals surface area contributed by atoms with Crippen LogP contribution < -0.4 is 4.18 Å². The van der Waals surface area contributed by atoms with Crippen LogP contribution in [0.3, 0.4) is 0 Å². The molecule has 0 N–H and O–H groups in total. The van der Waals surface area contributed by atoms with Gasteiger partial charge in [-0.25, -0.2) is 4.79 Å². The van der Waals surface area contributed by atoms with E-state index >= 15 is 0 Å². The van der Waals surface area contributed by atoms with Gasteiger partial charge in [0.1, 0.15) is 10.6 Å². The van der Waals surface area contributed by atoms with Gasteiger partial charge in [-0.1, -0.05) is 17.7 Å². The Morgan fingerprint density at radius 3 is 2.35 bits per heavy atom. The van der Waals surface area contributed by atoms with Crippen molar-refractivity contribution in [1.29, 1.82) is 0 Å². The maximum absolute atomic E-state index is 12.3. The molecule has 0 atom stereocenters. The predicted molar refractivity (Wildman–Crippen MR) is 86.4 cm³/mol. The summed E-state index contributed by atoms with van der Waals surface area (Å²) in [5.74, 6) is -0.404. The van der Waals surface area contributed by atoms with Crippen molar-refractivity contribution in [3.63, 3.8) is 0 Å². The monoisotopic (exact) mass is 354 g/mol. The third kappa shape index (κ3) is 4.24. The molecule has 0 fully saturated rings. The molecule has 0 aliphatic carbocycles. The third-order valence-electron chi connectivity index (χ3n) is 2.93. The molecule has 0 aromatic heterocycles. The van der Waals surface area contributed by atoms with Gasteiger partial charge in [-0.05, 0) is 55.8 Å². The summed E-state index contributed by atoms with van der Waals surface area (Å²) in [5.41, 5.74) is 1.15. The smallest absolute Gasteiger partial charge is 0.340 e. The maximum atomic E-state index is 12.3. The van der Waals surface area contributed by atoms with Gasteiger partial charge in [0.05, 0.1) is 17.2 Å². The highest BCUT2D eigenvalue weighted by Gasteiger charge is 2.20. The second kappa shape index (κ2) is 7.02. The Balaban J connectivity index is 2.22. The van der Waals surface area contributed by atoms with Gasteiger partial charge in [0.25, 0.3) is 0 Å². The van der Waals surface area contributed by atoms with E-state index in [4.69, 9.17) is 20.5 Å². The van der Waals surface area contributed by atoms with Gasteiger partial charge in [0.15, 0.2) is 0 Å². The number of carbonyl (C=O) groups excluding carboxylic acids is 1. The highest BCUT2D eigenvalue weighted by atomic mass is 35.5. The molecule has 0 bridgehead atoms. The van der Waals surface area contributed by atoms with Crippen LogP contribution in [0.25, 0.3) is 0 Å². The summed E-state index contributed by atoms with van der Waals surface area (Å²) in [5, 5.41) is 0.0909. The minimum absolute atomic E-state index is 0.0784. The molecule has 0 amide bonds. The largest absolute Gasteiger partial charge is 0.462 e. The minimum Gasteiger partial charge on any atom is -0.462 e. The van der Waals surface area contributed by atoms with Crippen LogP contribution in [-0.2, 0) is 14.9 Å². The van der Waals surface area contributed by atoms with E-state index in [0.29, 0.717) is 5.56 Å². The number of aryl methyl sites for hydroxylation is 1. The fourth-order valence-corrected chi connectivity index (χ4v) is 3.35. The number of ether oxygens (including phenoxy) is 1. The number of benzene rings is 2. The van der Waals surface area contributed by atoms with Crippen molar-refractivity contribution in [1.82, 2.24) is 0 Å². The molecular formula is C16H15ClO5S. The summed E-state index contributed by atoms with van der Waals surface area (Å²) in [6.07, 6.45) is 0. The lowest BCUT2D eigenvalue weighted by Gasteiger charge is -2.09. The molecular weight excluding hydrogens is 340 g/mol. The Bertz CT molecular complexity index is 813. The van der Waals surface area contributed by atoms with Gasteiger partial charge in [0.2, 0.25) is 0 Å². The molecule has 23 heavy (non-hydrogen) atoms. The molecule has 2 rings (SSSR count). The van der Waals surface area contributed by atoms with Crippen LogP contribution in [-0.4, -0.2) is 21.0 Å². The van der Waals surface area contributed by atoms with E-state index in [1.54, 1.807) is 26.0 Å². The summed E-state index contributed by atoms with van der Waals surface area (Å²) < 4.78 is 34.4. The fourth-order valence-electron chi connectivity index (χ4n) is 1.84. The summed E-state index contributed by atoms with van der Waals surface area (Å²) in [7, 11) is -4.05. The van der Waals surface area contributed by atoms with Crippen LogP contribution in [0.2, 0.25) is 5.02 Å². The molecule has 2 aromatic carbocycles. The van der Waals surface area contributed by atoms with Crippen LogP contribution in [0.4, 0.5) is 0 Å². The molecule has 2 aromatic rings. The molecule has 5 nitrogen and oxygen atoms in total. The fraction of sp³-hybridized carbons (Fsp3) is 0.188. The zero-order chi connectivity index (χ0) is 17.0. The zero-order valence-corrected chi connectivity index (χ0v) is 14.1. The highest BCUT2D eigenvalue weighted by Crippen LogP contribution is 2.26. The zero-order valence-electron chi connectivity index (χ0n) is 12.6. The van der Waals surface area contributed by atoms with Crippen molar-refractivity contribution in [2.24, 2.45) is 0 Å². The van der Waals surface area contributed by atoms with E-state index in [0.717, 1.165) is 5.56 Å². The Morgan fingerprint density at radius 2 is 1.78 bits per heavy atom. The topological polar surface area (TPSA) is 69.7 Å². The molecule has 0 aliphatic rings. The Hall–Kier alpha value is -2.05. The third-order valence-corrected chi connectivity index (χ3v) is 4.66. The van der Waals surface area contributed by atoms with Crippen LogP contribution >= 0.6 is 11.6 Å². The lowest BCUT2D eigenvalue weighted by atomic mass is 10.2. The number of halogens is 1. The molecule has 0 saturated heterocycles. The summed E-state index contributed by atoms with van der Waals surface area (Å²) >= 11 is 5.96. The molecule has 0 spiro atoms. The van der Waals surface area contributed by atoms with Crippen molar-refractivity contribution in [2.45, 2.75) is 18.7 Å². The number of rotatable bonds is 5. The second-order valence-corrected chi connectivity index (χ2v) is 6.64. The van der Waals surface area contributed by atoms with Crippen molar-refractivity contribution < 1.29 is 22.1 Å². The van der Waals surface area contributed by atoms with Crippen molar-refractivity contribution in [2.75, 3.05) is 6.61 Å². The summed E-state index contributed by atoms with van der Waals surface area (Å²) in [6.45, 7) is 3.77. The van der Waals surface area contributed by atoms with E-state index in [1.807, 2.05) is 0 Å². The standard InChI is InChI=1S/C16H15ClO5S/c1-3-21-16(18)12-5-7-13(8-6-12)22-23(19,20)15-9-4-11(2)10-14(15)17/h4-10H,3H2,1-2H3. The van der Waals surface area contributed by atoms with Crippen LogP contribution in [0.5, 0.6) is 5.75 Å². The maximum Gasteiger partial charge on any atom is 0.340 e. The summed E-state index contributed by atoms with van der Waals surface area (Å²) in [6, 6.07) is 10.2. The van der Waals surface area contributed by atoms with Crippen LogP contribution in [0, 0.1) is 6.92 Å². The average molecular weight is 355 g/mol. The first-order valence-corrected chi connectivity index (χ1v) is 8.60. The lowest BCUT2D eigenvalue weighted by Crippen LogP contribution is -2.11. The number of hydrogen-bond donors (Lipinski definition) is 0. The number of esters is 1. The second-order valence-electron chi connectivity index (χ2n) is 4.72. The van der Waals surface area contributed by atoms with E-state index in [1.165, 1.54) is 30.3 Å². The molecule has 122 valence electrons. The molecule has 0 aliphatic heterocycles. The van der Waals surface area contributed by atoms with Gasteiger partial charge < -0.3 is 8.92 Å². The Labute approximate surface area is 139 Å². The average Bonchev–Trinajstić information content (AvgIpc) is 2.47. The van der Waals surface area contributed by atoms with Gasteiger partial charge in [-0.15, -0.1) is 0 Å². The van der Waals surface area contributed by atoms with E-state index in [-0.39, 0.29) is 22.3 Å². The SMILES string of the molecule is CCOC(=O)c1ccc(OS(=O)(=O)c2ccc(C)cc2Cl)cc1. The van der Waals surface area contributed by atoms with Crippen molar-refractivity contribution >= 4 is 27.7 Å². The first-order valence-electron chi connectivity index (χ1n) is 6.81. The van der Waals surface area contributed by atoms with Crippen LogP contribution in [0.1, 0.15) is 22.8 Å². The van der Waals surface area contributed by atoms with Gasteiger partial charge in [-0.3, -0.25) is 0 Å². The quantitative estimate of drug-likeness (QED) is 0.606. The molecule has 0 unspecified atom stereocenters. The predicted octanol–water partition coefficient (Wildman–Crippen LogP) is 3.59. The van der Waals surface area contributed by atoms with Gasteiger partial charge in [0, 0.05) is 0 Å². The van der Waals surface area contributed by atoms with E-state index in [9.17, 15) is 13.2 Å². The minimum atomic E-state index is -4.05. The molecule has 0 heterocycles. The normalized spacial score (nSPS) is 11.1. The summed E-state index contributed by atoms with van der Waals surface area (Å²) in [4.78, 5) is 11.4. The molecule has 0 saturated carbocycles. The molecule has 7 heteroatoms. The first kappa shape index (κ1) is 17.3. The number of carbonyl (C=O) groups is 1. The van der Waals surface area contributed by atoms with E-state index < -0.39 is 16.1 Å². The first-order chi connectivity index (χ1) is 10.8.